The number of carbonyl (C=O) groups excluding carboxylic acids is 2. The molecule has 1 aromatic heterocycles. The van der Waals surface area contributed by atoms with E-state index < -0.39 is 23.4 Å². The maximum atomic E-state index is 12.5. The van der Waals surface area contributed by atoms with E-state index in [9.17, 15) is 19.7 Å². The van der Waals surface area contributed by atoms with Gasteiger partial charge in [0.2, 0.25) is 0 Å². The van der Waals surface area contributed by atoms with Crippen LogP contribution in [0, 0.1) is 24.0 Å². The summed E-state index contributed by atoms with van der Waals surface area (Å²) in [5.41, 5.74) is 2.45. The summed E-state index contributed by atoms with van der Waals surface area (Å²) in [4.78, 5) is 34.8. The Bertz CT molecular complexity index is 1190. The number of nitro benzene ring substituents is 1. The van der Waals surface area contributed by atoms with E-state index >= 15 is 0 Å². The fourth-order valence-corrected chi connectivity index (χ4v) is 3.40. The first-order chi connectivity index (χ1) is 15.2. The summed E-state index contributed by atoms with van der Waals surface area (Å²) in [5, 5.41) is 17.6. The Kier molecular flexibility index (Phi) is 7.12. The Labute approximate surface area is 193 Å². The van der Waals surface area contributed by atoms with Gasteiger partial charge in [0, 0.05) is 12.1 Å². The van der Waals surface area contributed by atoms with Gasteiger partial charge in [0.05, 0.1) is 27.9 Å². The highest BCUT2D eigenvalue weighted by molar-refractivity contribution is 6.34. The molecule has 166 valence electrons. The van der Waals surface area contributed by atoms with Gasteiger partial charge < -0.3 is 10.1 Å². The Morgan fingerprint density at radius 1 is 1.16 bits per heavy atom. The zero-order valence-electron chi connectivity index (χ0n) is 17.1. The number of hydrogen-bond donors (Lipinski definition) is 1. The van der Waals surface area contributed by atoms with Crippen LogP contribution in [0.2, 0.25) is 10.2 Å². The molecule has 32 heavy (non-hydrogen) atoms. The first kappa shape index (κ1) is 23.2. The highest BCUT2D eigenvalue weighted by Crippen LogP contribution is 2.27. The van der Waals surface area contributed by atoms with Crippen molar-refractivity contribution in [1.82, 2.24) is 9.78 Å². The molecule has 1 amide bonds. The summed E-state index contributed by atoms with van der Waals surface area (Å²) in [5.74, 6) is -1.47. The molecule has 2 aromatic carbocycles. The van der Waals surface area contributed by atoms with E-state index in [1.165, 1.54) is 16.8 Å². The summed E-state index contributed by atoms with van der Waals surface area (Å²) in [6.45, 7) is 3.36. The first-order valence-electron chi connectivity index (χ1n) is 9.35. The zero-order valence-corrected chi connectivity index (χ0v) is 18.6. The quantitative estimate of drug-likeness (QED) is 0.303. The van der Waals surface area contributed by atoms with Crippen LogP contribution in [0.25, 0.3) is 0 Å². The molecule has 0 atom stereocenters. The third-order valence-corrected chi connectivity index (χ3v) is 5.19. The topological polar surface area (TPSA) is 116 Å². The van der Waals surface area contributed by atoms with E-state index in [0.717, 1.165) is 17.2 Å². The molecular weight excluding hydrogens is 459 g/mol. The van der Waals surface area contributed by atoms with Crippen molar-refractivity contribution in [2.75, 3.05) is 11.9 Å². The van der Waals surface area contributed by atoms with Crippen molar-refractivity contribution in [2.24, 2.45) is 0 Å². The van der Waals surface area contributed by atoms with Gasteiger partial charge in [-0.1, -0.05) is 53.0 Å². The number of nitrogens with one attached hydrogen (secondary N) is 1. The zero-order chi connectivity index (χ0) is 23.4. The van der Waals surface area contributed by atoms with Gasteiger partial charge >= 0.3 is 5.97 Å². The number of rotatable bonds is 7. The number of hydrogen-bond acceptors (Lipinski definition) is 6. The van der Waals surface area contributed by atoms with Gasteiger partial charge in [0.1, 0.15) is 10.7 Å². The third-order valence-electron chi connectivity index (χ3n) is 4.49. The lowest BCUT2D eigenvalue weighted by molar-refractivity contribution is -0.384. The lowest BCUT2D eigenvalue weighted by atomic mass is 10.1. The second-order valence-electron chi connectivity index (χ2n) is 6.94. The van der Waals surface area contributed by atoms with Crippen LogP contribution in [0.4, 0.5) is 11.4 Å². The van der Waals surface area contributed by atoms with Gasteiger partial charge in [0.15, 0.2) is 6.61 Å². The molecule has 0 bridgehead atoms. The van der Waals surface area contributed by atoms with Crippen molar-refractivity contribution >= 4 is 46.5 Å². The van der Waals surface area contributed by atoms with Crippen LogP contribution >= 0.6 is 23.2 Å². The van der Waals surface area contributed by atoms with Crippen LogP contribution in [-0.4, -0.2) is 33.2 Å². The van der Waals surface area contributed by atoms with Crippen molar-refractivity contribution in [3.63, 3.8) is 0 Å². The number of benzene rings is 2. The molecule has 3 rings (SSSR count). The molecule has 0 fully saturated rings. The lowest BCUT2D eigenvalue weighted by Gasteiger charge is -2.08. The predicted octanol–water partition coefficient (Wildman–Crippen LogP) is 4.56. The largest absolute Gasteiger partial charge is 0.452 e. The molecule has 1 heterocycles. The van der Waals surface area contributed by atoms with Crippen LogP contribution in [-0.2, 0) is 16.1 Å². The van der Waals surface area contributed by atoms with Crippen LogP contribution in [0.1, 0.15) is 27.2 Å². The van der Waals surface area contributed by atoms with Gasteiger partial charge in [-0.3, -0.25) is 14.9 Å². The molecule has 0 radical (unpaired) electrons. The van der Waals surface area contributed by atoms with Crippen molar-refractivity contribution in [3.8, 4) is 0 Å². The summed E-state index contributed by atoms with van der Waals surface area (Å²) >= 11 is 12.3. The molecule has 0 aliphatic heterocycles. The van der Waals surface area contributed by atoms with E-state index in [2.05, 4.69) is 10.4 Å². The normalized spacial score (nSPS) is 10.6. The highest BCUT2D eigenvalue weighted by Gasteiger charge is 2.23. The highest BCUT2D eigenvalue weighted by atomic mass is 35.5. The number of ether oxygens (including phenoxy) is 1. The predicted molar refractivity (Wildman–Crippen MR) is 119 cm³/mol. The summed E-state index contributed by atoms with van der Waals surface area (Å²) in [6, 6.07) is 11.4. The van der Waals surface area contributed by atoms with Crippen LogP contribution < -0.4 is 5.32 Å². The average Bonchev–Trinajstić information content (AvgIpc) is 3.02. The molecule has 0 aliphatic rings. The van der Waals surface area contributed by atoms with Crippen LogP contribution in [0.3, 0.4) is 0 Å². The van der Waals surface area contributed by atoms with Crippen LogP contribution in [0.15, 0.2) is 42.5 Å². The van der Waals surface area contributed by atoms with E-state index in [1.807, 2.05) is 31.2 Å². The smallest absolute Gasteiger partial charge is 0.343 e. The Morgan fingerprint density at radius 3 is 2.47 bits per heavy atom. The summed E-state index contributed by atoms with van der Waals surface area (Å²) in [6.07, 6.45) is 0. The minimum absolute atomic E-state index is 0.0184. The third kappa shape index (κ3) is 5.43. The van der Waals surface area contributed by atoms with E-state index in [1.54, 1.807) is 6.92 Å². The second-order valence-corrected chi connectivity index (χ2v) is 7.71. The Morgan fingerprint density at radius 2 is 1.84 bits per heavy atom. The Balaban J connectivity index is 1.63. The van der Waals surface area contributed by atoms with Gasteiger partial charge in [-0.05, 0) is 25.5 Å². The molecular formula is C21H18Cl2N4O5. The summed E-state index contributed by atoms with van der Waals surface area (Å²) in [7, 11) is 0. The molecule has 3 aromatic rings. The fourth-order valence-electron chi connectivity index (χ4n) is 2.86. The number of aromatic nitrogens is 2. The number of anilines is 1. The number of aryl methyl sites for hydroxylation is 2. The monoisotopic (exact) mass is 476 g/mol. The van der Waals surface area contributed by atoms with Gasteiger partial charge in [-0.25, -0.2) is 9.48 Å². The minimum Gasteiger partial charge on any atom is -0.452 e. The standard InChI is InChI=1S/C21H18Cl2N4O5/c1-12-3-5-14(6-4-12)10-26-20(23)19(13(2)25-26)21(29)32-11-18(28)24-17-8-7-15(27(30)31)9-16(17)22/h3-9H,10-11H2,1-2H3,(H,24,28). The molecule has 9 nitrogen and oxygen atoms in total. The molecule has 11 heteroatoms. The van der Waals surface area contributed by atoms with Gasteiger partial charge in [-0.15, -0.1) is 0 Å². The molecule has 0 aliphatic carbocycles. The van der Waals surface area contributed by atoms with Crippen molar-refractivity contribution in [1.29, 1.82) is 0 Å². The van der Waals surface area contributed by atoms with E-state index in [0.29, 0.717) is 12.2 Å². The number of esters is 1. The SMILES string of the molecule is Cc1ccc(Cn2nc(C)c(C(=O)OCC(=O)Nc3ccc([N+](=O)[O-])cc3Cl)c2Cl)cc1. The molecule has 1 N–H and O–H groups in total. The Hall–Kier alpha value is -3.43. The van der Waals surface area contributed by atoms with Crippen molar-refractivity contribution < 1.29 is 19.2 Å². The average molecular weight is 477 g/mol. The molecule has 0 saturated carbocycles. The fraction of sp³-hybridized carbons (Fsp3) is 0.190. The van der Waals surface area contributed by atoms with Gasteiger partial charge in [-0.2, -0.15) is 5.10 Å². The lowest BCUT2D eigenvalue weighted by Crippen LogP contribution is -2.21. The second kappa shape index (κ2) is 9.80. The number of nitrogens with zero attached hydrogens (tertiary/aromatic N) is 3. The van der Waals surface area contributed by atoms with E-state index in [4.69, 9.17) is 27.9 Å². The van der Waals surface area contributed by atoms with Crippen LogP contribution in [0.5, 0.6) is 0 Å². The van der Waals surface area contributed by atoms with Crippen molar-refractivity contribution in [2.45, 2.75) is 20.4 Å². The van der Waals surface area contributed by atoms with Crippen molar-refractivity contribution in [3.05, 3.63) is 85.1 Å². The molecule has 0 spiro atoms. The minimum atomic E-state index is -0.799. The number of amides is 1. The van der Waals surface area contributed by atoms with E-state index in [-0.39, 0.29) is 27.1 Å². The number of carbonyl (C=O) groups is 2. The van der Waals surface area contributed by atoms with Gasteiger partial charge in [0.25, 0.3) is 11.6 Å². The number of nitro groups is 1. The number of halogens is 2. The maximum Gasteiger partial charge on any atom is 0.343 e. The first-order valence-corrected chi connectivity index (χ1v) is 10.1. The number of non-ortho nitro benzene ring substituents is 1. The molecule has 0 unspecified atom stereocenters. The maximum absolute atomic E-state index is 12.5. The summed E-state index contributed by atoms with van der Waals surface area (Å²) < 4.78 is 6.55. The molecule has 0 saturated heterocycles.